The van der Waals surface area contributed by atoms with E-state index in [1.54, 1.807) is 0 Å². The molecule has 4 nitrogen and oxygen atoms in total. The van der Waals surface area contributed by atoms with Crippen LogP contribution in [0, 0.1) is 0 Å². The highest BCUT2D eigenvalue weighted by molar-refractivity contribution is 5.70. The normalized spacial score (nSPS) is 12.2. The zero-order chi connectivity index (χ0) is 28.3. The molecule has 0 heterocycles. The maximum absolute atomic E-state index is 11.1. The summed E-state index contributed by atoms with van der Waals surface area (Å²) in [5, 5.41) is 9.12. The van der Waals surface area contributed by atoms with E-state index in [1.165, 1.54) is 22.3 Å². The number of rotatable bonds is 14. The van der Waals surface area contributed by atoms with Crippen LogP contribution in [-0.2, 0) is 17.8 Å². The average molecular weight is 536 g/mol. The van der Waals surface area contributed by atoms with Crippen molar-refractivity contribution >= 4 is 5.97 Å². The molecule has 208 valence electrons. The minimum Gasteiger partial charge on any atom is -0.494 e. The first-order chi connectivity index (χ1) is 19.4. The number of benzene rings is 4. The van der Waals surface area contributed by atoms with Gasteiger partial charge in [0.2, 0.25) is 0 Å². The first-order valence-corrected chi connectivity index (χ1v) is 14.3. The summed E-state index contributed by atoms with van der Waals surface area (Å²) in [4.78, 5) is 13.7. The molecule has 4 heteroatoms. The van der Waals surface area contributed by atoms with Gasteiger partial charge in [0.15, 0.2) is 0 Å². The number of carboxylic acid groups (broad SMARTS) is 1. The van der Waals surface area contributed by atoms with Gasteiger partial charge in [0.25, 0.3) is 0 Å². The molecular weight excluding hydrogens is 494 g/mol. The Morgan fingerprint density at radius 2 is 1.38 bits per heavy atom. The summed E-state index contributed by atoms with van der Waals surface area (Å²) in [6, 6.07) is 38.2. The number of carbonyl (C=O) groups is 1. The third kappa shape index (κ3) is 8.56. The van der Waals surface area contributed by atoms with Gasteiger partial charge >= 0.3 is 5.97 Å². The summed E-state index contributed by atoms with van der Waals surface area (Å²) in [6.07, 6.45) is 0.848. The third-order valence-electron chi connectivity index (χ3n) is 7.53. The molecule has 0 aliphatic carbocycles. The van der Waals surface area contributed by atoms with Crippen molar-refractivity contribution in [2.45, 2.75) is 58.0 Å². The second-order valence-corrected chi connectivity index (χ2v) is 10.9. The average Bonchev–Trinajstić information content (AvgIpc) is 2.96. The fourth-order valence-electron chi connectivity index (χ4n) is 5.10. The Bertz CT molecular complexity index is 1280. The summed E-state index contributed by atoms with van der Waals surface area (Å²) in [6.45, 7) is 9.02. The van der Waals surface area contributed by atoms with E-state index in [0.717, 1.165) is 25.1 Å². The van der Waals surface area contributed by atoms with Gasteiger partial charge in [0, 0.05) is 25.0 Å². The van der Waals surface area contributed by atoms with Crippen LogP contribution in [0.1, 0.15) is 66.8 Å². The summed E-state index contributed by atoms with van der Waals surface area (Å²) < 4.78 is 6.10. The lowest BCUT2D eigenvalue weighted by Gasteiger charge is -2.33. The summed E-state index contributed by atoms with van der Waals surface area (Å²) in [5.74, 6) is 0.631. The topological polar surface area (TPSA) is 49.8 Å². The second-order valence-electron chi connectivity index (χ2n) is 10.9. The van der Waals surface area contributed by atoms with Gasteiger partial charge in [-0.15, -0.1) is 0 Å². The van der Waals surface area contributed by atoms with Crippen LogP contribution in [0.4, 0.5) is 0 Å². The largest absolute Gasteiger partial charge is 0.494 e. The lowest BCUT2D eigenvalue weighted by molar-refractivity contribution is -0.136. The van der Waals surface area contributed by atoms with E-state index < -0.39 is 5.97 Å². The zero-order valence-corrected chi connectivity index (χ0v) is 23.9. The number of nitrogens with zero attached hydrogens (tertiary/aromatic N) is 1. The molecule has 1 N–H and O–H groups in total. The van der Waals surface area contributed by atoms with Crippen molar-refractivity contribution in [3.8, 4) is 5.75 Å². The van der Waals surface area contributed by atoms with Gasteiger partial charge < -0.3 is 9.84 Å². The SMILES string of the molecule is CC(C)c1ccc(CN(CC(c2ccccc2)c2ccccc2)[C@H](C)CCOc2cccc(CC(=O)O)c2)cc1. The molecule has 0 spiro atoms. The van der Waals surface area contributed by atoms with Crippen molar-refractivity contribution < 1.29 is 14.6 Å². The fraction of sp³-hybridized carbons (Fsp3) is 0.306. The lowest BCUT2D eigenvalue weighted by Crippen LogP contribution is -2.37. The molecule has 0 fully saturated rings. The molecule has 40 heavy (non-hydrogen) atoms. The van der Waals surface area contributed by atoms with E-state index in [2.05, 4.69) is 111 Å². The smallest absolute Gasteiger partial charge is 0.307 e. The summed E-state index contributed by atoms with van der Waals surface area (Å²) in [7, 11) is 0. The van der Waals surface area contributed by atoms with Gasteiger partial charge in [-0.3, -0.25) is 9.69 Å². The summed E-state index contributed by atoms with van der Waals surface area (Å²) >= 11 is 0. The third-order valence-corrected chi connectivity index (χ3v) is 7.53. The number of hydrogen-bond acceptors (Lipinski definition) is 3. The maximum Gasteiger partial charge on any atom is 0.307 e. The molecule has 0 saturated heterocycles. The molecule has 4 rings (SSSR count). The van der Waals surface area contributed by atoms with E-state index in [1.807, 2.05) is 24.3 Å². The van der Waals surface area contributed by atoms with Crippen LogP contribution in [0.25, 0.3) is 0 Å². The van der Waals surface area contributed by atoms with Crippen LogP contribution < -0.4 is 4.74 Å². The van der Waals surface area contributed by atoms with E-state index in [0.29, 0.717) is 18.3 Å². The van der Waals surface area contributed by atoms with E-state index in [9.17, 15) is 4.79 Å². The van der Waals surface area contributed by atoms with Gasteiger partial charge in [-0.25, -0.2) is 0 Å². The first-order valence-electron chi connectivity index (χ1n) is 14.3. The number of carboxylic acids is 1. The summed E-state index contributed by atoms with van der Waals surface area (Å²) in [5.41, 5.74) is 6.03. The van der Waals surface area contributed by atoms with Crippen LogP contribution in [0.5, 0.6) is 5.75 Å². The fourth-order valence-corrected chi connectivity index (χ4v) is 5.10. The minimum absolute atomic E-state index is 0.00264. The van der Waals surface area contributed by atoms with Crippen molar-refractivity contribution in [1.29, 1.82) is 0 Å². The Hall–Kier alpha value is -3.89. The van der Waals surface area contributed by atoms with E-state index in [4.69, 9.17) is 9.84 Å². The number of aliphatic carboxylic acids is 1. The van der Waals surface area contributed by atoms with Gasteiger partial charge in [-0.1, -0.05) is 111 Å². The molecule has 0 aromatic heterocycles. The van der Waals surface area contributed by atoms with Gasteiger partial charge in [-0.05, 0) is 59.2 Å². The Kier molecular flexibility index (Phi) is 10.5. The van der Waals surface area contributed by atoms with Crippen LogP contribution >= 0.6 is 0 Å². The molecule has 4 aromatic carbocycles. The first kappa shape index (κ1) is 29.1. The second kappa shape index (κ2) is 14.5. The molecule has 0 radical (unpaired) electrons. The molecule has 0 amide bonds. The highest BCUT2D eigenvalue weighted by Crippen LogP contribution is 2.28. The van der Waals surface area contributed by atoms with Crippen LogP contribution in [-0.4, -0.2) is 35.2 Å². The minimum atomic E-state index is -0.839. The highest BCUT2D eigenvalue weighted by atomic mass is 16.5. The number of ether oxygens (including phenoxy) is 1. The monoisotopic (exact) mass is 535 g/mol. The quantitative estimate of drug-likeness (QED) is 0.178. The van der Waals surface area contributed by atoms with Gasteiger partial charge in [-0.2, -0.15) is 0 Å². The van der Waals surface area contributed by atoms with Gasteiger partial charge in [0.05, 0.1) is 13.0 Å². The predicted octanol–water partition coefficient (Wildman–Crippen LogP) is 7.93. The molecule has 4 aromatic rings. The van der Waals surface area contributed by atoms with Crippen molar-refractivity contribution in [3.05, 3.63) is 137 Å². The molecular formula is C36H41NO3. The van der Waals surface area contributed by atoms with E-state index >= 15 is 0 Å². The number of hydrogen-bond donors (Lipinski definition) is 1. The molecule has 0 bridgehead atoms. The Morgan fingerprint density at radius 3 is 1.95 bits per heavy atom. The van der Waals surface area contributed by atoms with Gasteiger partial charge in [0.1, 0.15) is 5.75 Å². The van der Waals surface area contributed by atoms with Crippen LogP contribution in [0.2, 0.25) is 0 Å². The lowest BCUT2D eigenvalue weighted by atomic mass is 9.90. The van der Waals surface area contributed by atoms with Crippen LogP contribution in [0.3, 0.4) is 0 Å². The molecule has 0 aliphatic rings. The van der Waals surface area contributed by atoms with Crippen molar-refractivity contribution in [2.24, 2.45) is 0 Å². The zero-order valence-electron chi connectivity index (χ0n) is 23.9. The van der Waals surface area contributed by atoms with Crippen LogP contribution in [0.15, 0.2) is 109 Å². The predicted molar refractivity (Wildman–Crippen MR) is 163 cm³/mol. The highest BCUT2D eigenvalue weighted by Gasteiger charge is 2.22. The van der Waals surface area contributed by atoms with Crippen molar-refractivity contribution in [1.82, 2.24) is 4.90 Å². The Labute approximate surface area is 239 Å². The molecule has 0 unspecified atom stereocenters. The van der Waals surface area contributed by atoms with Crippen molar-refractivity contribution in [2.75, 3.05) is 13.2 Å². The Morgan fingerprint density at radius 1 is 0.750 bits per heavy atom. The van der Waals surface area contributed by atoms with Crippen molar-refractivity contribution in [3.63, 3.8) is 0 Å². The molecule has 1 atom stereocenters. The Balaban J connectivity index is 1.52. The van der Waals surface area contributed by atoms with E-state index in [-0.39, 0.29) is 18.4 Å². The standard InChI is InChI=1S/C36H41NO3/c1-27(2)31-19-17-29(18-20-31)25-37(26-35(32-12-6-4-7-13-32)33-14-8-5-9-15-33)28(3)21-22-40-34-16-10-11-30(23-34)24-36(38)39/h4-20,23,27-28,35H,21-22,24-26H2,1-3H3,(H,38,39)/t28-/m1/s1. The maximum atomic E-state index is 11.1. The molecule has 0 aliphatic heterocycles. The molecule has 0 saturated carbocycles.